The van der Waals surface area contributed by atoms with Crippen LogP contribution < -0.4 is 0 Å². The standard InChI is InChI=1S/C58H92O26/c1-9-24(2)48(75)79-34-18-53(3,4)16-26-25-10-11-31-54(5)14-13-33(55(6,22-61)30(54)12-15-56(31,7)57(25,8)17-32(64)58(26,34)23-62)80-52-46(84-50-41(71)39(69)37(67)29(20-60)78-50)43(42(72)44(82-52)47(73)74)81-51-45(35(65)27(63)21-76-51)83-49-40(70)38(68)36(66)28(19-59)77-49/h9-10,26-46,49-52,59-72H,11-23H2,1-8H3,(H,73,74)/b24-9+. The van der Waals surface area contributed by atoms with Gasteiger partial charge in [-0.1, -0.05) is 59.3 Å². The Hall–Kier alpha value is -2.46. The molecule has 5 aliphatic carbocycles. The molecule has 0 aromatic rings. The number of aliphatic hydroxyl groups is 14. The summed E-state index contributed by atoms with van der Waals surface area (Å²) in [6.45, 7) is 12.9. The van der Waals surface area contributed by atoms with Crippen LogP contribution in [0.1, 0.15) is 107 Å². The van der Waals surface area contributed by atoms with Gasteiger partial charge in [-0.25, -0.2) is 9.59 Å². The number of aliphatic carboxylic acids is 1. The first-order valence-corrected chi connectivity index (χ1v) is 29.6. The van der Waals surface area contributed by atoms with E-state index in [2.05, 4.69) is 40.7 Å². The van der Waals surface area contributed by atoms with Gasteiger partial charge in [0.05, 0.1) is 50.7 Å². The van der Waals surface area contributed by atoms with Crippen molar-refractivity contribution in [3.63, 3.8) is 0 Å². The number of esters is 1. The van der Waals surface area contributed by atoms with Gasteiger partial charge in [0.2, 0.25) is 0 Å². The van der Waals surface area contributed by atoms with Crippen LogP contribution in [0.3, 0.4) is 0 Å². The highest BCUT2D eigenvalue weighted by atomic mass is 16.8. The molecule has 0 amide bonds. The van der Waals surface area contributed by atoms with Crippen molar-refractivity contribution in [1.29, 1.82) is 0 Å². The predicted molar refractivity (Wildman–Crippen MR) is 285 cm³/mol. The third-order valence-corrected chi connectivity index (χ3v) is 22.3. The van der Waals surface area contributed by atoms with Gasteiger partial charge in [-0.3, -0.25) is 0 Å². The minimum absolute atomic E-state index is 0.0549. The van der Waals surface area contributed by atoms with E-state index in [0.717, 1.165) is 5.57 Å². The zero-order valence-electron chi connectivity index (χ0n) is 49.0. The van der Waals surface area contributed by atoms with Crippen molar-refractivity contribution in [2.24, 2.45) is 50.2 Å². The first-order valence-electron chi connectivity index (χ1n) is 29.6. The van der Waals surface area contributed by atoms with Crippen molar-refractivity contribution in [3.8, 4) is 0 Å². The maximum atomic E-state index is 13.4. The van der Waals surface area contributed by atoms with Crippen molar-refractivity contribution in [1.82, 2.24) is 0 Å². The number of hydrogen-bond donors (Lipinski definition) is 15. The molecule has 0 bridgehead atoms. The number of hydrogen-bond acceptors (Lipinski definition) is 25. The maximum absolute atomic E-state index is 13.4. The first-order chi connectivity index (χ1) is 39.4. The number of carboxylic acids is 1. The summed E-state index contributed by atoms with van der Waals surface area (Å²) in [7, 11) is 0. The van der Waals surface area contributed by atoms with Crippen LogP contribution in [0.2, 0.25) is 0 Å². The van der Waals surface area contributed by atoms with Crippen molar-refractivity contribution in [3.05, 3.63) is 23.3 Å². The zero-order chi connectivity index (χ0) is 61.7. The second-order valence-electron chi connectivity index (χ2n) is 27.3. The molecule has 26 nitrogen and oxygen atoms in total. The van der Waals surface area contributed by atoms with Crippen LogP contribution in [0.5, 0.6) is 0 Å². The molecule has 480 valence electrons. The largest absolute Gasteiger partial charge is 0.479 e. The van der Waals surface area contributed by atoms with E-state index < -0.39 is 207 Å². The summed E-state index contributed by atoms with van der Waals surface area (Å²) in [6, 6.07) is 0. The lowest BCUT2D eigenvalue weighted by molar-refractivity contribution is -0.401. The number of carbonyl (C=O) groups excluding carboxylic acids is 1. The summed E-state index contributed by atoms with van der Waals surface area (Å²) < 4.78 is 54.8. The monoisotopic (exact) mass is 1200 g/mol. The molecular weight excluding hydrogens is 1110 g/mol. The summed E-state index contributed by atoms with van der Waals surface area (Å²) in [5, 5.41) is 166. The van der Waals surface area contributed by atoms with Crippen molar-refractivity contribution < 1.29 is 129 Å². The minimum Gasteiger partial charge on any atom is -0.479 e. The average Bonchev–Trinajstić information content (AvgIpc) is 0.764. The Morgan fingerprint density at radius 3 is 1.79 bits per heavy atom. The van der Waals surface area contributed by atoms with Crippen LogP contribution in [0, 0.1) is 50.2 Å². The molecule has 0 radical (unpaired) electrons. The summed E-state index contributed by atoms with van der Waals surface area (Å²) >= 11 is 0. The quantitative estimate of drug-likeness (QED) is 0.0352. The van der Waals surface area contributed by atoms with Crippen LogP contribution in [-0.2, 0) is 52.2 Å². The number of carbonyl (C=O) groups is 2. The molecule has 0 spiro atoms. The molecule has 30 unspecified atom stereocenters. The van der Waals surface area contributed by atoms with Crippen molar-refractivity contribution in [2.45, 2.75) is 242 Å². The molecule has 0 aromatic heterocycles. The highest BCUT2D eigenvalue weighted by Crippen LogP contribution is 2.76. The second-order valence-corrected chi connectivity index (χ2v) is 27.3. The third kappa shape index (κ3) is 10.8. The highest BCUT2D eigenvalue weighted by Gasteiger charge is 2.73. The van der Waals surface area contributed by atoms with E-state index in [1.807, 2.05) is 6.92 Å². The fourth-order valence-electron chi connectivity index (χ4n) is 17.1. The van der Waals surface area contributed by atoms with Crippen LogP contribution in [0.25, 0.3) is 0 Å². The summed E-state index contributed by atoms with van der Waals surface area (Å²) in [6.07, 6.45) is -32.0. The zero-order valence-corrected chi connectivity index (χ0v) is 49.0. The Morgan fingerprint density at radius 2 is 1.23 bits per heavy atom. The lowest BCUT2D eigenvalue weighted by atomic mass is 9.33. The smallest absolute Gasteiger partial charge is 0.335 e. The van der Waals surface area contributed by atoms with Gasteiger partial charge < -0.3 is 119 Å². The topological polar surface area (TPSA) is 421 Å². The van der Waals surface area contributed by atoms with Crippen molar-refractivity contribution in [2.75, 3.05) is 33.0 Å². The molecule has 30 atom stereocenters. The third-order valence-electron chi connectivity index (χ3n) is 22.3. The van der Waals surface area contributed by atoms with Crippen LogP contribution in [0.4, 0.5) is 0 Å². The lowest BCUT2D eigenvalue weighted by Crippen LogP contribution is -2.70. The molecule has 15 N–H and O–H groups in total. The molecule has 4 heterocycles. The average molecular weight is 1210 g/mol. The predicted octanol–water partition coefficient (Wildman–Crippen LogP) is -2.40. The lowest BCUT2D eigenvalue weighted by Gasteiger charge is -2.72. The number of rotatable bonds is 15. The van der Waals surface area contributed by atoms with Crippen LogP contribution in [-0.4, -0.2) is 257 Å². The van der Waals surface area contributed by atoms with E-state index in [-0.39, 0.29) is 36.0 Å². The molecule has 0 aromatic carbocycles. The summed E-state index contributed by atoms with van der Waals surface area (Å²) in [4.78, 5) is 26.6. The van der Waals surface area contributed by atoms with E-state index in [0.29, 0.717) is 44.1 Å². The molecule has 9 rings (SSSR count). The number of fused-ring (bicyclic) bond motifs is 7. The maximum Gasteiger partial charge on any atom is 0.335 e. The molecular formula is C58H92O26. The fraction of sp³-hybridized carbons (Fsp3) is 0.897. The molecule has 9 aliphatic rings. The van der Waals surface area contributed by atoms with Gasteiger partial charge in [-0.15, -0.1) is 0 Å². The van der Waals surface area contributed by atoms with E-state index in [1.165, 1.54) is 0 Å². The van der Waals surface area contributed by atoms with Gasteiger partial charge in [0.25, 0.3) is 0 Å². The Kier molecular flexibility index (Phi) is 19.2. The van der Waals surface area contributed by atoms with Crippen LogP contribution >= 0.6 is 0 Å². The number of ether oxygens (including phenoxy) is 9. The Bertz CT molecular complexity index is 2410. The second kappa shape index (κ2) is 24.4. The normalized spacial score (nSPS) is 52.2. The summed E-state index contributed by atoms with van der Waals surface area (Å²) in [5.41, 5.74) is -2.72. The molecule has 4 aliphatic heterocycles. The van der Waals surface area contributed by atoms with Crippen molar-refractivity contribution >= 4 is 11.9 Å². The van der Waals surface area contributed by atoms with E-state index >= 15 is 0 Å². The molecule has 84 heavy (non-hydrogen) atoms. The Labute approximate surface area is 487 Å². The van der Waals surface area contributed by atoms with Gasteiger partial charge in [0.1, 0.15) is 91.6 Å². The summed E-state index contributed by atoms with van der Waals surface area (Å²) in [5.74, 6) is -2.94. The molecule has 4 saturated heterocycles. The Balaban J connectivity index is 1.05. The number of carboxylic acid groups (broad SMARTS) is 1. The fourth-order valence-corrected chi connectivity index (χ4v) is 17.1. The SMILES string of the molecule is C/C=C(\C)C(=O)OC1CC(C)(C)CC2C3=CCC4C5(C)CCC(OC6OC(C(=O)O)C(O)C(OC7OCC(O)C(O)C7OC7OC(CO)C(O)C(O)C7O)C6OC6OC(CO)C(O)C(O)C6O)C(C)(CO)C5CCC4(C)C3(C)CC(O)C12CO. The van der Waals surface area contributed by atoms with Crippen LogP contribution in [0.15, 0.2) is 23.3 Å². The van der Waals surface area contributed by atoms with E-state index in [4.69, 9.17) is 42.6 Å². The van der Waals surface area contributed by atoms with E-state index in [9.17, 15) is 86.2 Å². The minimum atomic E-state index is -2.28. The number of allylic oxidation sites excluding steroid dienone is 3. The van der Waals surface area contributed by atoms with Gasteiger partial charge in [-0.05, 0) is 105 Å². The molecule has 26 heteroatoms. The number of aliphatic hydroxyl groups excluding tert-OH is 14. The van der Waals surface area contributed by atoms with Gasteiger partial charge in [-0.2, -0.15) is 0 Å². The first kappa shape index (κ1) is 66.0. The molecule has 8 fully saturated rings. The Morgan fingerprint density at radius 1 is 0.631 bits per heavy atom. The van der Waals surface area contributed by atoms with Gasteiger partial charge in [0, 0.05) is 11.0 Å². The molecule has 4 saturated carbocycles. The van der Waals surface area contributed by atoms with E-state index in [1.54, 1.807) is 19.9 Å². The van der Waals surface area contributed by atoms with Gasteiger partial charge in [0.15, 0.2) is 31.3 Å². The van der Waals surface area contributed by atoms with Gasteiger partial charge >= 0.3 is 11.9 Å². The highest BCUT2D eigenvalue weighted by molar-refractivity contribution is 5.87.